The molecule has 1 aromatic carbocycles. The maximum absolute atomic E-state index is 11.0. The van der Waals surface area contributed by atoms with Crippen LogP contribution in [-0.2, 0) is 11.3 Å². The Hall–Kier alpha value is -1.55. The Balaban J connectivity index is 2.11. The van der Waals surface area contributed by atoms with Gasteiger partial charge >= 0.3 is 0 Å². The molecular weight excluding hydrogens is 214 g/mol. The van der Waals surface area contributed by atoms with Crippen molar-refractivity contribution in [1.82, 2.24) is 10.6 Å². The number of piperazine rings is 1. The summed E-state index contributed by atoms with van der Waals surface area (Å²) in [4.78, 5) is 13.3. The van der Waals surface area contributed by atoms with Crippen LogP contribution < -0.4 is 15.5 Å². The summed E-state index contributed by atoms with van der Waals surface area (Å²) in [6.45, 7) is 6.25. The number of nitrogens with one attached hydrogen (secondary N) is 2. The van der Waals surface area contributed by atoms with Crippen LogP contribution in [0.15, 0.2) is 24.3 Å². The number of carbonyl (C=O) groups is 1. The molecule has 0 bridgehead atoms. The minimum Gasteiger partial charge on any atom is -0.369 e. The lowest BCUT2D eigenvalue weighted by atomic mass is 10.1. The molecule has 92 valence electrons. The lowest BCUT2D eigenvalue weighted by Crippen LogP contribution is -2.44. The third kappa shape index (κ3) is 3.20. The number of amides is 1. The molecule has 0 unspecified atom stereocenters. The molecule has 0 saturated carbocycles. The lowest BCUT2D eigenvalue weighted by molar-refractivity contribution is -0.119. The first-order chi connectivity index (χ1) is 8.27. The van der Waals surface area contributed by atoms with Gasteiger partial charge in [-0.2, -0.15) is 0 Å². The third-order valence-corrected chi connectivity index (χ3v) is 2.98. The van der Waals surface area contributed by atoms with E-state index in [9.17, 15) is 4.79 Å². The SMILES string of the molecule is CC(=O)NCc1ccccc1N1CCNCC1. The number of para-hydroxylation sites is 1. The quantitative estimate of drug-likeness (QED) is 0.809. The molecule has 2 rings (SSSR count). The highest BCUT2D eigenvalue weighted by molar-refractivity contribution is 5.73. The van der Waals surface area contributed by atoms with Gasteiger partial charge in [-0.3, -0.25) is 4.79 Å². The van der Waals surface area contributed by atoms with Crippen LogP contribution in [0.5, 0.6) is 0 Å². The van der Waals surface area contributed by atoms with E-state index in [1.807, 2.05) is 6.07 Å². The Labute approximate surface area is 102 Å². The monoisotopic (exact) mass is 233 g/mol. The Morgan fingerprint density at radius 2 is 2.06 bits per heavy atom. The summed E-state index contributed by atoms with van der Waals surface area (Å²) in [6, 6.07) is 8.27. The smallest absolute Gasteiger partial charge is 0.217 e. The highest BCUT2D eigenvalue weighted by Crippen LogP contribution is 2.20. The third-order valence-electron chi connectivity index (χ3n) is 2.98. The van der Waals surface area contributed by atoms with Gasteiger partial charge in [-0.15, -0.1) is 0 Å². The standard InChI is InChI=1S/C13H19N3O/c1-11(17)15-10-12-4-2-3-5-13(12)16-8-6-14-7-9-16/h2-5,14H,6-10H2,1H3,(H,15,17). The Morgan fingerprint density at radius 1 is 1.35 bits per heavy atom. The van der Waals surface area contributed by atoms with Gasteiger partial charge in [0.05, 0.1) is 0 Å². The first-order valence-corrected chi connectivity index (χ1v) is 6.05. The molecule has 17 heavy (non-hydrogen) atoms. The predicted octanol–water partition coefficient (Wildman–Crippen LogP) is 0.732. The fourth-order valence-electron chi connectivity index (χ4n) is 2.09. The van der Waals surface area contributed by atoms with E-state index in [0.717, 1.165) is 26.2 Å². The number of hydrogen-bond donors (Lipinski definition) is 2. The van der Waals surface area contributed by atoms with Gasteiger partial charge in [0.25, 0.3) is 0 Å². The van der Waals surface area contributed by atoms with Gasteiger partial charge in [0.2, 0.25) is 5.91 Å². The van der Waals surface area contributed by atoms with Crippen LogP contribution in [0.25, 0.3) is 0 Å². The van der Waals surface area contributed by atoms with Crippen molar-refractivity contribution in [2.45, 2.75) is 13.5 Å². The first kappa shape index (κ1) is 11.9. The van der Waals surface area contributed by atoms with Gasteiger partial charge in [0, 0.05) is 45.3 Å². The second-order valence-corrected chi connectivity index (χ2v) is 4.28. The molecule has 1 fully saturated rings. The van der Waals surface area contributed by atoms with Crippen LogP contribution in [-0.4, -0.2) is 32.1 Å². The van der Waals surface area contributed by atoms with Gasteiger partial charge in [-0.05, 0) is 11.6 Å². The molecule has 2 N–H and O–H groups in total. The van der Waals surface area contributed by atoms with Crippen LogP contribution in [0.3, 0.4) is 0 Å². The van der Waals surface area contributed by atoms with Crippen LogP contribution in [0.1, 0.15) is 12.5 Å². The number of carbonyl (C=O) groups excluding carboxylic acids is 1. The number of rotatable bonds is 3. The van der Waals surface area contributed by atoms with Gasteiger partial charge in [-0.25, -0.2) is 0 Å². The fourth-order valence-corrected chi connectivity index (χ4v) is 2.09. The molecule has 0 aromatic heterocycles. The van der Waals surface area contributed by atoms with Crippen LogP contribution in [0, 0.1) is 0 Å². The molecule has 4 heteroatoms. The number of anilines is 1. The molecule has 1 aliphatic heterocycles. The largest absolute Gasteiger partial charge is 0.369 e. The van der Waals surface area contributed by atoms with E-state index in [1.54, 1.807) is 6.92 Å². The van der Waals surface area contributed by atoms with Gasteiger partial charge in [0.1, 0.15) is 0 Å². The van der Waals surface area contributed by atoms with E-state index >= 15 is 0 Å². The molecule has 1 aromatic rings. The molecular formula is C13H19N3O. The van der Waals surface area contributed by atoms with Crippen molar-refractivity contribution in [3.8, 4) is 0 Å². The molecule has 0 aliphatic carbocycles. The average molecular weight is 233 g/mol. The van der Waals surface area contributed by atoms with Gasteiger partial charge in [0.15, 0.2) is 0 Å². The zero-order valence-electron chi connectivity index (χ0n) is 10.2. The van der Waals surface area contributed by atoms with E-state index in [2.05, 4.69) is 33.7 Å². The number of nitrogens with zero attached hydrogens (tertiary/aromatic N) is 1. The van der Waals surface area contributed by atoms with Crippen molar-refractivity contribution in [3.63, 3.8) is 0 Å². The second-order valence-electron chi connectivity index (χ2n) is 4.28. The molecule has 0 radical (unpaired) electrons. The predicted molar refractivity (Wildman–Crippen MR) is 69.0 cm³/mol. The van der Waals surface area contributed by atoms with Crippen molar-refractivity contribution in [1.29, 1.82) is 0 Å². The summed E-state index contributed by atoms with van der Waals surface area (Å²) >= 11 is 0. The van der Waals surface area contributed by atoms with Crippen LogP contribution >= 0.6 is 0 Å². The Morgan fingerprint density at radius 3 is 2.76 bits per heavy atom. The van der Waals surface area contributed by atoms with Gasteiger partial charge in [-0.1, -0.05) is 18.2 Å². The molecule has 1 heterocycles. The molecule has 1 amide bonds. The van der Waals surface area contributed by atoms with Crippen molar-refractivity contribution in [2.75, 3.05) is 31.1 Å². The van der Waals surface area contributed by atoms with Crippen molar-refractivity contribution in [3.05, 3.63) is 29.8 Å². The molecule has 1 saturated heterocycles. The zero-order chi connectivity index (χ0) is 12.1. The van der Waals surface area contributed by atoms with Crippen LogP contribution in [0.2, 0.25) is 0 Å². The maximum atomic E-state index is 11.0. The fraction of sp³-hybridized carbons (Fsp3) is 0.462. The zero-order valence-corrected chi connectivity index (χ0v) is 10.2. The molecule has 0 spiro atoms. The summed E-state index contributed by atoms with van der Waals surface area (Å²) in [6.07, 6.45) is 0. The summed E-state index contributed by atoms with van der Waals surface area (Å²) < 4.78 is 0. The highest BCUT2D eigenvalue weighted by atomic mass is 16.1. The van der Waals surface area contributed by atoms with E-state index < -0.39 is 0 Å². The lowest BCUT2D eigenvalue weighted by Gasteiger charge is -2.31. The Bertz CT molecular complexity index is 386. The molecule has 0 atom stereocenters. The number of hydrogen-bond acceptors (Lipinski definition) is 3. The van der Waals surface area contributed by atoms with Crippen LogP contribution in [0.4, 0.5) is 5.69 Å². The average Bonchev–Trinajstić information content (AvgIpc) is 2.38. The van der Waals surface area contributed by atoms with Crippen molar-refractivity contribution < 1.29 is 4.79 Å². The van der Waals surface area contributed by atoms with E-state index in [1.165, 1.54) is 11.3 Å². The molecule has 1 aliphatic rings. The second kappa shape index (κ2) is 5.68. The summed E-state index contributed by atoms with van der Waals surface area (Å²) in [5.74, 6) is 0.0140. The highest BCUT2D eigenvalue weighted by Gasteiger charge is 2.13. The topological polar surface area (TPSA) is 44.4 Å². The summed E-state index contributed by atoms with van der Waals surface area (Å²) in [7, 11) is 0. The first-order valence-electron chi connectivity index (χ1n) is 6.05. The van der Waals surface area contributed by atoms with E-state index in [0.29, 0.717) is 6.54 Å². The summed E-state index contributed by atoms with van der Waals surface area (Å²) in [5, 5.41) is 6.20. The molecule has 4 nitrogen and oxygen atoms in total. The minimum atomic E-state index is 0.0140. The number of benzene rings is 1. The van der Waals surface area contributed by atoms with Gasteiger partial charge < -0.3 is 15.5 Å². The van der Waals surface area contributed by atoms with E-state index in [4.69, 9.17) is 0 Å². The Kier molecular flexibility index (Phi) is 3.98. The maximum Gasteiger partial charge on any atom is 0.217 e. The summed E-state index contributed by atoms with van der Waals surface area (Å²) in [5.41, 5.74) is 2.42. The van der Waals surface area contributed by atoms with Crippen molar-refractivity contribution >= 4 is 11.6 Å². The normalized spacial score (nSPS) is 15.7. The van der Waals surface area contributed by atoms with Crippen molar-refractivity contribution in [2.24, 2.45) is 0 Å². The minimum absolute atomic E-state index is 0.0140. The van der Waals surface area contributed by atoms with E-state index in [-0.39, 0.29) is 5.91 Å².